The highest BCUT2D eigenvalue weighted by molar-refractivity contribution is 7.92. The maximum Gasteiger partial charge on any atom is 0.416 e. The topological polar surface area (TPSA) is 66.5 Å². The average Bonchev–Trinajstić information content (AvgIpc) is 2.65. The van der Waals surface area contributed by atoms with Crippen LogP contribution in [0.25, 0.3) is 0 Å². The molecule has 0 saturated carbocycles. The molecule has 2 aromatic rings. The van der Waals surface area contributed by atoms with E-state index in [1.807, 2.05) is 38.1 Å². The summed E-state index contributed by atoms with van der Waals surface area (Å²) in [7, 11) is -4.03. The van der Waals surface area contributed by atoms with Gasteiger partial charge >= 0.3 is 6.18 Å². The van der Waals surface area contributed by atoms with Crippen LogP contribution in [-0.4, -0.2) is 26.6 Å². The molecule has 0 aliphatic rings. The number of alkyl halides is 3. The van der Waals surface area contributed by atoms with Crippen molar-refractivity contribution in [3.63, 3.8) is 0 Å². The number of sulfonamides is 1. The molecule has 5 nitrogen and oxygen atoms in total. The van der Waals surface area contributed by atoms with Gasteiger partial charge in [-0.3, -0.25) is 9.10 Å². The van der Waals surface area contributed by atoms with Crippen LogP contribution in [0.3, 0.4) is 0 Å². The van der Waals surface area contributed by atoms with Crippen molar-refractivity contribution in [2.75, 3.05) is 10.6 Å². The number of aryl methyl sites for hydroxylation is 1. The zero-order chi connectivity index (χ0) is 22.7. The third-order valence-electron chi connectivity index (χ3n) is 4.72. The smallest absolute Gasteiger partial charge is 0.347 e. The van der Waals surface area contributed by atoms with Crippen LogP contribution in [0.15, 0.2) is 48.5 Å². The van der Waals surface area contributed by atoms with Crippen LogP contribution in [0.2, 0.25) is 0 Å². The average molecular weight is 443 g/mol. The number of carbonyl (C=O) groups is 1. The SMILES string of the molecule is CCC(NC(=O)C(C)N(c1cccc(C(F)(F)F)c1)S(C)(=O)=O)c1ccc(C)cc1. The van der Waals surface area contributed by atoms with Crippen LogP contribution in [0.4, 0.5) is 18.9 Å². The lowest BCUT2D eigenvalue weighted by atomic mass is 10.0. The fourth-order valence-electron chi connectivity index (χ4n) is 3.14. The number of benzene rings is 2. The Morgan fingerprint density at radius 3 is 2.23 bits per heavy atom. The highest BCUT2D eigenvalue weighted by atomic mass is 32.2. The van der Waals surface area contributed by atoms with E-state index in [0.29, 0.717) is 10.7 Å². The van der Waals surface area contributed by atoms with Gasteiger partial charge in [0.25, 0.3) is 0 Å². The van der Waals surface area contributed by atoms with Crippen molar-refractivity contribution >= 4 is 21.6 Å². The van der Waals surface area contributed by atoms with Gasteiger partial charge in [0.1, 0.15) is 6.04 Å². The van der Waals surface area contributed by atoms with E-state index in [4.69, 9.17) is 0 Å². The molecule has 0 saturated heterocycles. The van der Waals surface area contributed by atoms with Gasteiger partial charge in [-0.05, 0) is 44.0 Å². The Labute approximate surface area is 175 Å². The molecule has 0 aliphatic carbocycles. The number of carbonyl (C=O) groups excluding carboxylic acids is 1. The second-order valence-electron chi connectivity index (χ2n) is 7.16. The lowest BCUT2D eigenvalue weighted by molar-refractivity contribution is -0.137. The van der Waals surface area contributed by atoms with Crippen molar-refractivity contribution in [1.82, 2.24) is 5.32 Å². The molecule has 2 unspecified atom stereocenters. The minimum Gasteiger partial charge on any atom is -0.347 e. The Morgan fingerprint density at radius 2 is 1.73 bits per heavy atom. The molecule has 9 heteroatoms. The first-order valence-corrected chi connectivity index (χ1v) is 11.2. The number of amides is 1. The molecule has 0 aromatic heterocycles. The zero-order valence-corrected chi connectivity index (χ0v) is 18.0. The van der Waals surface area contributed by atoms with Gasteiger partial charge in [-0.1, -0.05) is 42.8 Å². The van der Waals surface area contributed by atoms with Crippen molar-refractivity contribution < 1.29 is 26.4 Å². The predicted octanol–water partition coefficient (Wildman–Crippen LogP) is 4.44. The van der Waals surface area contributed by atoms with E-state index in [9.17, 15) is 26.4 Å². The zero-order valence-electron chi connectivity index (χ0n) is 17.2. The number of hydrogen-bond donors (Lipinski definition) is 1. The number of nitrogens with zero attached hydrogens (tertiary/aromatic N) is 1. The molecule has 0 aliphatic heterocycles. The Balaban J connectivity index is 2.34. The summed E-state index contributed by atoms with van der Waals surface area (Å²) in [5.41, 5.74) is 0.695. The molecule has 0 radical (unpaired) electrons. The van der Waals surface area contributed by atoms with Crippen LogP contribution in [0.5, 0.6) is 0 Å². The fourth-order valence-corrected chi connectivity index (χ4v) is 4.31. The molecule has 2 atom stereocenters. The molecular formula is C21H25F3N2O3S. The first-order chi connectivity index (χ1) is 13.8. The van der Waals surface area contributed by atoms with Crippen molar-refractivity contribution in [2.45, 2.75) is 45.5 Å². The summed E-state index contributed by atoms with van der Waals surface area (Å²) in [5, 5.41) is 2.80. The summed E-state index contributed by atoms with van der Waals surface area (Å²) in [4.78, 5) is 12.9. The van der Waals surface area contributed by atoms with Crippen molar-refractivity contribution in [1.29, 1.82) is 0 Å². The monoisotopic (exact) mass is 442 g/mol. The first-order valence-electron chi connectivity index (χ1n) is 9.38. The Morgan fingerprint density at radius 1 is 1.13 bits per heavy atom. The van der Waals surface area contributed by atoms with E-state index in [-0.39, 0.29) is 11.7 Å². The minimum absolute atomic E-state index is 0.224. The fraction of sp³-hybridized carbons (Fsp3) is 0.381. The normalized spacial score (nSPS) is 14.1. The van der Waals surface area contributed by atoms with Crippen LogP contribution in [-0.2, 0) is 21.0 Å². The van der Waals surface area contributed by atoms with Gasteiger partial charge in [0.15, 0.2) is 0 Å². The molecule has 1 N–H and O–H groups in total. The predicted molar refractivity (Wildman–Crippen MR) is 111 cm³/mol. The van der Waals surface area contributed by atoms with Gasteiger partial charge in [0.2, 0.25) is 15.9 Å². The van der Waals surface area contributed by atoms with E-state index >= 15 is 0 Å². The lowest BCUT2D eigenvalue weighted by Crippen LogP contribution is -2.48. The molecule has 1 amide bonds. The molecule has 2 aromatic carbocycles. The summed E-state index contributed by atoms with van der Waals surface area (Å²) in [5.74, 6) is -0.606. The van der Waals surface area contributed by atoms with Crippen molar-refractivity contribution in [2.24, 2.45) is 0 Å². The van der Waals surface area contributed by atoms with E-state index in [1.54, 1.807) is 0 Å². The number of halogens is 3. The van der Waals surface area contributed by atoms with Gasteiger partial charge in [-0.2, -0.15) is 13.2 Å². The first kappa shape index (κ1) is 23.7. The minimum atomic E-state index is -4.64. The molecule has 0 bridgehead atoms. The second-order valence-corrected chi connectivity index (χ2v) is 9.02. The van der Waals surface area contributed by atoms with E-state index in [0.717, 1.165) is 35.6 Å². The summed E-state index contributed by atoms with van der Waals surface area (Å²) >= 11 is 0. The van der Waals surface area contributed by atoms with Gasteiger partial charge in [-0.15, -0.1) is 0 Å². The van der Waals surface area contributed by atoms with Crippen LogP contribution >= 0.6 is 0 Å². The van der Waals surface area contributed by atoms with Gasteiger partial charge in [0.05, 0.1) is 23.5 Å². The lowest BCUT2D eigenvalue weighted by Gasteiger charge is -2.30. The van der Waals surface area contributed by atoms with Gasteiger partial charge in [-0.25, -0.2) is 8.42 Å². The van der Waals surface area contributed by atoms with Crippen molar-refractivity contribution in [3.8, 4) is 0 Å². The number of rotatable bonds is 7. The van der Waals surface area contributed by atoms with E-state index in [2.05, 4.69) is 5.32 Å². The number of nitrogens with one attached hydrogen (secondary N) is 1. The number of hydrogen-bond acceptors (Lipinski definition) is 3. The van der Waals surface area contributed by atoms with Crippen LogP contribution in [0, 0.1) is 6.92 Å². The van der Waals surface area contributed by atoms with Gasteiger partial charge < -0.3 is 5.32 Å². The highest BCUT2D eigenvalue weighted by Crippen LogP contribution is 2.33. The molecule has 0 fully saturated rings. The van der Waals surface area contributed by atoms with Crippen LogP contribution < -0.4 is 9.62 Å². The Bertz CT molecular complexity index is 989. The van der Waals surface area contributed by atoms with E-state index in [1.165, 1.54) is 13.0 Å². The van der Waals surface area contributed by atoms with Crippen LogP contribution in [0.1, 0.15) is 43.0 Å². The number of anilines is 1. The third kappa shape index (κ3) is 5.75. The standard InChI is InChI=1S/C21H25F3N2O3S/c1-5-19(16-11-9-14(2)10-12-16)25-20(27)15(3)26(30(4,28)29)18-8-6-7-17(13-18)21(22,23)24/h6-13,15,19H,5H2,1-4H3,(H,25,27). The summed E-state index contributed by atoms with van der Waals surface area (Å²) < 4.78 is 64.7. The highest BCUT2D eigenvalue weighted by Gasteiger charge is 2.34. The molecule has 0 heterocycles. The Hall–Kier alpha value is -2.55. The quantitative estimate of drug-likeness (QED) is 0.690. The summed E-state index contributed by atoms with van der Waals surface area (Å²) in [6, 6.07) is 9.86. The largest absolute Gasteiger partial charge is 0.416 e. The summed E-state index contributed by atoms with van der Waals surface area (Å²) in [6.45, 7) is 5.15. The van der Waals surface area contributed by atoms with Gasteiger partial charge in [0, 0.05) is 0 Å². The second kappa shape index (κ2) is 9.07. The third-order valence-corrected chi connectivity index (χ3v) is 5.96. The maximum atomic E-state index is 13.1. The molecule has 0 spiro atoms. The Kier molecular flexibility index (Phi) is 7.18. The summed E-state index contributed by atoms with van der Waals surface area (Å²) in [6.07, 6.45) is -3.22. The van der Waals surface area contributed by atoms with Crippen molar-refractivity contribution in [3.05, 3.63) is 65.2 Å². The van der Waals surface area contributed by atoms with E-state index < -0.39 is 33.7 Å². The maximum absolute atomic E-state index is 13.1. The molecular weight excluding hydrogens is 417 g/mol. The molecule has 2 rings (SSSR count). The molecule has 30 heavy (non-hydrogen) atoms. The molecule has 164 valence electrons.